The maximum Gasteiger partial charge on any atom is 0.0733 e. The lowest BCUT2D eigenvalue weighted by molar-refractivity contribution is 0.195. The molecule has 0 aromatic heterocycles. The van der Waals surface area contributed by atoms with Gasteiger partial charge in [0.05, 0.1) is 6.10 Å². The molecule has 1 unspecified atom stereocenters. The molecule has 0 aliphatic rings. The summed E-state index contributed by atoms with van der Waals surface area (Å²) in [5, 5.41) is 9.54. The van der Waals surface area contributed by atoms with Crippen molar-refractivity contribution >= 4 is 0 Å². The minimum Gasteiger partial charge on any atom is -0.389 e. The molecule has 0 saturated heterocycles. The van der Waals surface area contributed by atoms with Gasteiger partial charge in [0.2, 0.25) is 0 Å². The minimum absolute atomic E-state index is 0.265. The monoisotopic (exact) mass is 199 g/mol. The SMILES string of the molecule is CCCCCC=CC(O)CCN(C)C. The molecule has 2 heteroatoms. The van der Waals surface area contributed by atoms with E-state index in [-0.39, 0.29) is 6.10 Å². The molecule has 0 aliphatic heterocycles. The zero-order valence-electron chi connectivity index (χ0n) is 9.87. The van der Waals surface area contributed by atoms with Crippen molar-refractivity contribution in [3.63, 3.8) is 0 Å². The number of aliphatic hydroxyl groups is 1. The smallest absolute Gasteiger partial charge is 0.0733 e. The maximum atomic E-state index is 9.54. The van der Waals surface area contributed by atoms with E-state index in [1.807, 2.05) is 20.2 Å². The second-order valence-electron chi connectivity index (χ2n) is 4.08. The van der Waals surface area contributed by atoms with Crippen molar-refractivity contribution in [3.8, 4) is 0 Å². The molecule has 0 aliphatic carbocycles. The van der Waals surface area contributed by atoms with E-state index in [0.717, 1.165) is 19.4 Å². The summed E-state index contributed by atoms with van der Waals surface area (Å²) in [7, 11) is 4.05. The normalized spacial score (nSPS) is 14.1. The van der Waals surface area contributed by atoms with E-state index < -0.39 is 0 Å². The molecule has 0 aromatic carbocycles. The van der Waals surface area contributed by atoms with E-state index in [1.54, 1.807) is 0 Å². The summed E-state index contributed by atoms with van der Waals surface area (Å²) in [5.41, 5.74) is 0. The van der Waals surface area contributed by atoms with Crippen LogP contribution in [0.5, 0.6) is 0 Å². The predicted molar refractivity (Wildman–Crippen MR) is 62.5 cm³/mol. The highest BCUT2D eigenvalue weighted by Gasteiger charge is 1.98. The summed E-state index contributed by atoms with van der Waals surface area (Å²) >= 11 is 0. The van der Waals surface area contributed by atoms with Crippen molar-refractivity contribution in [3.05, 3.63) is 12.2 Å². The van der Waals surface area contributed by atoms with E-state index in [4.69, 9.17) is 0 Å². The Balaban J connectivity index is 3.36. The van der Waals surface area contributed by atoms with Crippen LogP contribution in [0, 0.1) is 0 Å². The molecule has 0 rings (SSSR count). The molecule has 0 aromatic rings. The molecular formula is C12H25NO. The minimum atomic E-state index is -0.265. The highest BCUT2D eigenvalue weighted by atomic mass is 16.3. The first-order valence-electron chi connectivity index (χ1n) is 5.66. The van der Waals surface area contributed by atoms with Gasteiger partial charge >= 0.3 is 0 Å². The van der Waals surface area contributed by atoms with Gasteiger partial charge in [-0.05, 0) is 33.4 Å². The molecule has 0 saturated carbocycles. The summed E-state index contributed by atoms with van der Waals surface area (Å²) in [4.78, 5) is 2.09. The topological polar surface area (TPSA) is 23.5 Å². The Kier molecular flexibility index (Phi) is 9.00. The lowest BCUT2D eigenvalue weighted by atomic mass is 10.1. The van der Waals surface area contributed by atoms with Crippen LogP contribution in [0.4, 0.5) is 0 Å². The van der Waals surface area contributed by atoms with E-state index in [1.165, 1.54) is 19.3 Å². The second-order valence-corrected chi connectivity index (χ2v) is 4.08. The van der Waals surface area contributed by atoms with Crippen LogP contribution in [0.2, 0.25) is 0 Å². The van der Waals surface area contributed by atoms with Crippen LogP contribution in [-0.4, -0.2) is 36.8 Å². The second kappa shape index (κ2) is 9.22. The lowest BCUT2D eigenvalue weighted by Crippen LogP contribution is -2.18. The molecule has 1 atom stereocenters. The van der Waals surface area contributed by atoms with Crippen molar-refractivity contribution in [1.82, 2.24) is 4.90 Å². The van der Waals surface area contributed by atoms with Gasteiger partial charge < -0.3 is 10.0 Å². The summed E-state index contributed by atoms with van der Waals surface area (Å²) in [6.45, 7) is 3.15. The first kappa shape index (κ1) is 13.7. The Morgan fingerprint density at radius 2 is 2.00 bits per heavy atom. The molecular weight excluding hydrogens is 174 g/mol. The zero-order chi connectivity index (χ0) is 10.8. The van der Waals surface area contributed by atoms with Crippen LogP contribution in [-0.2, 0) is 0 Å². The van der Waals surface area contributed by atoms with Gasteiger partial charge in [0.15, 0.2) is 0 Å². The van der Waals surface area contributed by atoms with Gasteiger partial charge in [-0.1, -0.05) is 31.9 Å². The summed E-state index contributed by atoms with van der Waals surface area (Å²) in [5.74, 6) is 0. The van der Waals surface area contributed by atoms with Gasteiger partial charge in [-0.15, -0.1) is 0 Å². The molecule has 1 N–H and O–H groups in total. The van der Waals surface area contributed by atoms with Gasteiger partial charge in [0.1, 0.15) is 0 Å². The van der Waals surface area contributed by atoms with E-state index in [9.17, 15) is 5.11 Å². The predicted octanol–water partition coefficient (Wildman–Crippen LogP) is 2.44. The molecule has 0 radical (unpaired) electrons. The van der Waals surface area contributed by atoms with Crippen molar-refractivity contribution in [1.29, 1.82) is 0 Å². The molecule has 0 amide bonds. The molecule has 14 heavy (non-hydrogen) atoms. The largest absolute Gasteiger partial charge is 0.389 e. The number of rotatable bonds is 8. The van der Waals surface area contributed by atoms with Crippen LogP contribution in [0.1, 0.15) is 39.0 Å². The average Bonchev–Trinajstić information content (AvgIpc) is 2.14. The molecule has 0 spiro atoms. The summed E-state index contributed by atoms with van der Waals surface area (Å²) in [6.07, 6.45) is 9.50. The standard InChI is InChI=1S/C12H25NO/c1-4-5-6-7-8-9-12(14)10-11-13(2)3/h8-9,12,14H,4-7,10-11H2,1-3H3. The fourth-order valence-corrected chi connectivity index (χ4v) is 1.25. The van der Waals surface area contributed by atoms with Gasteiger partial charge in [0.25, 0.3) is 0 Å². The Morgan fingerprint density at radius 1 is 1.29 bits per heavy atom. The Hall–Kier alpha value is -0.340. The quantitative estimate of drug-likeness (QED) is 0.479. The fraction of sp³-hybridized carbons (Fsp3) is 0.833. The molecule has 0 heterocycles. The number of hydrogen-bond acceptors (Lipinski definition) is 2. The molecule has 0 fully saturated rings. The first-order chi connectivity index (χ1) is 6.66. The van der Waals surface area contributed by atoms with E-state index >= 15 is 0 Å². The van der Waals surface area contributed by atoms with Crippen LogP contribution < -0.4 is 0 Å². The van der Waals surface area contributed by atoms with Gasteiger partial charge in [-0.3, -0.25) is 0 Å². The molecule has 2 nitrogen and oxygen atoms in total. The van der Waals surface area contributed by atoms with Gasteiger partial charge in [-0.2, -0.15) is 0 Å². The third-order valence-electron chi connectivity index (χ3n) is 2.20. The van der Waals surface area contributed by atoms with Gasteiger partial charge in [-0.25, -0.2) is 0 Å². The van der Waals surface area contributed by atoms with E-state index in [0.29, 0.717) is 0 Å². The highest BCUT2D eigenvalue weighted by Crippen LogP contribution is 2.01. The Morgan fingerprint density at radius 3 is 2.57 bits per heavy atom. The summed E-state index contributed by atoms with van der Waals surface area (Å²) < 4.78 is 0. The number of unbranched alkanes of at least 4 members (excludes halogenated alkanes) is 3. The average molecular weight is 199 g/mol. The van der Waals surface area contributed by atoms with Crippen molar-refractivity contribution < 1.29 is 5.11 Å². The van der Waals surface area contributed by atoms with Crippen molar-refractivity contribution in [2.24, 2.45) is 0 Å². The van der Waals surface area contributed by atoms with Gasteiger partial charge in [0, 0.05) is 6.54 Å². The van der Waals surface area contributed by atoms with Crippen molar-refractivity contribution in [2.45, 2.75) is 45.1 Å². The number of nitrogens with zero attached hydrogens (tertiary/aromatic N) is 1. The highest BCUT2D eigenvalue weighted by molar-refractivity contribution is 4.88. The maximum absolute atomic E-state index is 9.54. The zero-order valence-corrected chi connectivity index (χ0v) is 9.87. The molecule has 0 bridgehead atoms. The van der Waals surface area contributed by atoms with Crippen LogP contribution in [0.15, 0.2) is 12.2 Å². The van der Waals surface area contributed by atoms with Crippen LogP contribution in [0.3, 0.4) is 0 Å². The Bertz CT molecular complexity index is 143. The third kappa shape index (κ3) is 9.75. The number of aliphatic hydroxyl groups excluding tert-OH is 1. The first-order valence-corrected chi connectivity index (χ1v) is 5.66. The summed E-state index contributed by atoms with van der Waals surface area (Å²) in [6, 6.07) is 0. The number of allylic oxidation sites excluding steroid dienone is 1. The van der Waals surface area contributed by atoms with E-state index in [2.05, 4.69) is 17.9 Å². The number of hydrogen-bond donors (Lipinski definition) is 1. The third-order valence-corrected chi connectivity index (χ3v) is 2.20. The Labute approximate surface area is 88.6 Å². The molecule has 84 valence electrons. The van der Waals surface area contributed by atoms with Crippen LogP contribution in [0.25, 0.3) is 0 Å². The van der Waals surface area contributed by atoms with Crippen molar-refractivity contribution in [2.75, 3.05) is 20.6 Å². The fourth-order valence-electron chi connectivity index (χ4n) is 1.25. The lowest BCUT2D eigenvalue weighted by Gasteiger charge is -2.11. The van der Waals surface area contributed by atoms with Crippen LogP contribution >= 0.6 is 0 Å².